The molecule has 1 aliphatic rings. The van der Waals surface area contributed by atoms with E-state index in [1.165, 1.54) is 23.3 Å². The van der Waals surface area contributed by atoms with Crippen LogP contribution in [0.2, 0.25) is 0 Å². The first kappa shape index (κ1) is 49.1. The largest absolute Gasteiger partial charge is 0.342 e. The second kappa shape index (κ2) is 22.9. The van der Waals surface area contributed by atoms with Gasteiger partial charge in [-0.2, -0.15) is 8.42 Å². The summed E-state index contributed by atoms with van der Waals surface area (Å²) in [5, 5.41) is 16.9. The Morgan fingerprint density at radius 2 is 1.58 bits per heavy atom. The lowest BCUT2D eigenvalue weighted by atomic mass is 9.84. The maximum Gasteiger partial charge on any atom is 0.326 e. The van der Waals surface area contributed by atoms with E-state index in [0.29, 0.717) is 30.6 Å². The van der Waals surface area contributed by atoms with Crippen molar-refractivity contribution in [2.24, 2.45) is 23.5 Å². The summed E-state index contributed by atoms with van der Waals surface area (Å²) >= 11 is 0.367. The molecule has 0 aliphatic heterocycles. The molecule has 1 fully saturated rings. The molecule has 0 unspecified atom stereocenters. The van der Waals surface area contributed by atoms with Crippen LogP contribution in [0.1, 0.15) is 116 Å². The van der Waals surface area contributed by atoms with Crippen molar-refractivity contribution in [1.29, 1.82) is 0 Å². The number of nitrogens with zero attached hydrogens (tertiary/aromatic N) is 5. The number of sulfonamides is 1. The van der Waals surface area contributed by atoms with Gasteiger partial charge in [0, 0.05) is 31.8 Å². The van der Waals surface area contributed by atoms with E-state index in [0.717, 1.165) is 26.2 Å². The average molecular weight is 878 g/mol. The third kappa shape index (κ3) is 14.5. The molecule has 0 spiro atoms. The Labute approximate surface area is 352 Å². The van der Waals surface area contributed by atoms with Gasteiger partial charge in [0.1, 0.15) is 23.8 Å². The highest BCUT2D eigenvalue weighted by Crippen LogP contribution is 2.28. The van der Waals surface area contributed by atoms with E-state index in [9.17, 15) is 46.8 Å². The molecule has 2 aromatic rings. The molecule has 2 heterocycles. The van der Waals surface area contributed by atoms with E-state index < -0.39 is 98.1 Å². The molecule has 1 aliphatic carbocycles. The van der Waals surface area contributed by atoms with Gasteiger partial charge < -0.3 is 27.0 Å². The maximum atomic E-state index is 14.5. The van der Waals surface area contributed by atoms with Crippen LogP contribution in [-0.2, 0) is 43.6 Å². The standard InChI is InChI=1S/C37H55N11O10S2/c1-7-21(5)29(44-30(51)25(16-20(3)4)42-31(52)27-19-39-14-15-40-27)32(53)43-26(17-23-12-10-9-11-13-23)34(55)48(28(50)18-24(38)8-2)35(56)33(54)47-60(57,58)37-46-45-36(59-37)41-22(6)49/h14-15,19-21,23-26,29H,7-13,16-18,38H2,1-6H3,(H,42,52)(H,43,53)(H,44,51)(H,47,54)(H,41,45,49)/t21-,24-,25-,26-,29-/m0/s1. The van der Waals surface area contributed by atoms with Crippen molar-refractivity contribution in [2.45, 2.75) is 134 Å². The summed E-state index contributed by atoms with van der Waals surface area (Å²) in [6.07, 6.45) is 7.91. The Morgan fingerprint density at radius 1 is 0.900 bits per heavy atom. The molecule has 1 saturated carbocycles. The van der Waals surface area contributed by atoms with Gasteiger partial charge in [-0.05, 0) is 37.0 Å². The van der Waals surface area contributed by atoms with Crippen LogP contribution in [-0.4, -0.2) is 105 Å². The third-order valence-electron chi connectivity index (χ3n) is 9.80. The fourth-order valence-electron chi connectivity index (χ4n) is 6.33. The summed E-state index contributed by atoms with van der Waals surface area (Å²) in [5.41, 5.74) is 5.98. The SMILES string of the molecule is CC[C@H](N)CC(=O)N(C(=O)C(=O)NS(=O)(=O)c1nnc(NC(C)=O)s1)C(=O)[C@H](CC1CCCCC1)NC(=O)[C@@H](NC(=O)[C@H](CC(C)C)NC(=O)c1cnccn1)[C@@H](C)CC. The maximum absolute atomic E-state index is 14.5. The summed E-state index contributed by atoms with van der Waals surface area (Å²) in [7, 11) is -4.91. The van der Waals surface area contributed by atoms with Gasteiger partial charge in [0.15, 0.2) is 0 Å². The van der Waals surface area contributed by atoms with E-state index >= 15 is 0 Å². The topological polar surface area (TPSA) is 312 Å². The number of imide groups is 3. The van der Waals surface area contributed by atoms with Crippen molar-refractivity contribution >= 4 is 73.7 Å². The van der Waals surface area contributed by atoms with Gasteiger partial charge in [0.05, 0.1) is 6.20 Å². The van der Waals surface area contributed by atoms with Crippen molar-refractivity contribution in [3.8, 4) is 0 Å². The third-order valence-corrected chi connectivity index (χ3v) is 12.3. The van der Waals surface area contributed by atoms with Gasteiger partial charge in [-0.25, -0.2) is 14.6 Å². The van der Waals surface area contributed by atoms with Gasteiger partial charge in [-0.15, -0.1) is 10.2 Å². The summed E-state index contributed by atoms with van der Waals surface area (Å²) in [6.45, 7) is 9.92. The van der Waals surface area contributed by atoms with E-state index in [1.807, 2.05) is 13.8 Å². The van der Waals surface area contributed by atoms with Gasteiger partial charge in [0.25, 0.3) is 26.2 Å². The molecule has 7 N–H and O–H groups in total. The number of amides is 8. The smallest absolute Gasteiger partial charge is 0.326 e. The molecule has 60 heavy (non-hydrogen) atoms. The number of carbonyl (C=O) groups excluding carboxylic acids is 8. The molecule has 5 atom stereocenters. The summed E-state index contributed by atoms with van der Waals surface area (Å²) in [6, 6.07) is -4.88. The molecule has 0 aromatic carbocycles. The number of nitrogens with two attached hydrogens (primary N) is 1. The lowest BCUT2D eigenvalue weighted by molar-refractivity contribution is -0.160. The minimum Gasteiger partial charge on any atom is -0.342 e. The normalized spacial score (nSPS) is 15.7. The molecule has 330 valence electrons. The first-order valence-corrected chi connectivity index (χ1v) is 22.1. The molecule has 8 amide bonds. The number of hydrogen-bond acceptors (Lipinski definition) is 16. The Bertz CT molecular complexity index is 1970. The predicted molar refractivity (Wildman–Crippen MR) is 217 cm³/mol. The Morgan fingerprint density at radius 3 is 2.17 bits per heavy atom. The van der Waals surface area contributed by atoms with E-state index in [1.54, 1.807) is 20.8 Å². The molecule has 23 heteroatoms. The summed E-state index contributed by atoms with van der Waals surface area (Å²) in [4.78, 5) is 116. The quantitative estimate of drug-likeness (QED) is 0.0845. The number of carbonyl (C=O) groups is 8. The molecule has 2 aromatic heterocycles. The number of aromatic nitrogens is 4. The lowest BCUT2D eigenvalue weighted by Crippen LogP contribution is -2.61. The molecular weight excluding hydrogens is 823 g/mol. The monoisotopic (exact) mass is 877 g/mol. The van der Waals surface area contributed by atoms with Crippen molar-refractivity contribution < 1.29 is 46.8 Å². The predicted octanol–water partition coefficient (Wildman–Crippen LogP) is 0.931. The number of nitrogens with one attached hydrogen (secondary N) is 5. The fraction of sp³-hybridized carbons (Fsp3) is 0.622. The second-order valence-corrected chi connectivity index (χ2v) is 18.0. The fourth-order valence-corrected chi connectivity index (χ4v) is 8.22. The first-order chi connectivity index (χ1) is 28.3. The molecule has 3 rings (SSSR count). The van der Waals surface area contributed by atoms with Crippen molar-refractivity contribution in [3.63, 3.8) is 0 Å². The molecule has 0 radical (unpaired) electrons. The zero-order valence-electron chi connectivity index (χ0n) is 34.6. The highest BCUT2D eigenvalue weighted by Gasteiger charge is 2.42. The summed E-state index contributed by atoms with van der Waals surface area (Å²) in [5.74, 6) is -9.88. The number of anilines is 1. The molecular formula is C37H55N11O10S2. The van der Waals surface area contributed by atoms with Crippen LogP contribution in [0, 0.1) is 17.8 Å². The van der Waals surface area contributed by atoms with Gasteiger partial charge >= 0.3 is 11.8 Å². The second-order valence-electron chi connectivity index (χ2n) is 15.2. The Hall–Kier alpha value is -5.29. The van der Waals surface area contributed by atoms with Gasteiger partial charge in [-0.1, -0.05) is 84.5 Å². The van der Waals surface area contributed by atoms with Crippen LogP contribution < -0.4 is 31.7 Å². The van der Waals surface area contributed by atoms with E-state index in [2.05, 4.69) is 41.4 Å². The molecule has 21 nitrogen and oxygen atoms in total. The molecule has 0 saturated heterocycles. The van der Waals surface area contributed by atoms with Gasteiger partial charge in [0.2, 0.25) is 28.8 Å². The highest BCUT2D eigenvalue weighted by atomic mass is 32.2. The summed E-state index contributed by atoms with van der Waals surface area (Å²) < 4.78 is 26.8. The molecule has 0 bridgehead atoms. The van der Waals surface area contributed by atoms with E-state index in [-0.39, 0.29) is 46.8 Å². The van der Waals surface area contributed by atoms with Crippen molar-refractivity contribution in [1.82, 2.24) is 45.7 Å². The zero-order chi connectivity index (χ0) is 44.7. The lowest BCUT2D eigenvalue weighted by Gasteiger charge is -2.32. The van der Waals surface area contributed by atoms with E-state index in [4.69, 9.17) is 5.73 Å². The van der Waals surface area contributed by atoms with Crippen LogP contribution in [0.5, 0.6) is 0 Å². The van der Waals surface area contributed by atoms with Crippen LogP contribution >= 0.6 is 11.3 Å². The van der Waals surface area contributed by atoms with Gasteiger partial charge in [-0.3, -0.25) is 43.3 Å². The van der Waals surface area contributed by atoms with Crippen LogP contribution in [0.4, 0.5) is 5.13 Å². The van der Waals surface area contributed by atoms with Crippen LogP contribution in [0.15, 0.2) is 22.9 Å². The Kier molecular flexibility index (Phi) is 18.7. The minimum atomic E-state index is -4.91. The Balaban J connectivity index is 1.97. The number of hydrogen-bond donors (Lipinski definition) is 6. The van der Waals surface area contributed by atoms with Crippen LogP contribution in [0.25, 0.3) is 0 Å². The number of rotatable bonds is 19. The van der Waals surface area contributed by atoms with Crippen LogP contribution in [0.3, 0.4) is 0 Å². The zero-order valence-corrected chi connectivity index (χ0v) is 36.2. The highest BCUT2D eigenvalue weighted by molar-refractivity contribution is 7.92. The minimum absolute atomic E-state index is 0.00546. The van der Waals surface area contributed by atoms with Crippen molar-refractivity contribution in [3.05, 3.63) is 24.3 Å². The van der Waals surface area contributed by atoms with Crippen molar-refractivity contribution in [2.75, 3.05) is 5.32 Å². The first-order valence-electron chi connectivity index (χ1n) is 19.8. The average Bonchev–Trinajstić information content (AvgIpc) is 3.68.